The number of para-hydroxylation sites is 1. The first-order valence-electron chi connectivity index (χ1n) is 9.19. The number of halogens is 3. The van der Waals surface area contributed by atoms with Crippen LogP contribution in [0, 0.1) is 4.78 Å². The van der Waals surface area contributed by atoms with Crippen LogP contribution in [0.1, 0.15) is 18.4 Å². The number of ether oxygens (including phenoxy) is 1. The highest BCUT2D eigenvalue weighted by Crippen LogP contribution is 2.42. The maximum atomic E-state index is 13.7. The summed E-state index contributed by atoms with van der Waals surface area (Å²) in [5.41, 5.74) is 1.46. The maximum Gasteiger partial charge on any atom is 0.421 e. The second-order valence-corrected chi connectivity index (χ2v) is 9.44. The molecule has 2 aromatic rings. The third kappa shape index (κ3) is 6.68. The minimum atomic E-state index is -5.10. The van der Waals surface area contributed by atoms with E-state index in [0.717, 1.165) is 12.1 Å². The summed E-state index contributed by atoms with van der Waals surface area (Å²) in [5.74, 6) is -1.89. The number of rotatable bonds is 10. The maximum absolute atomic E-state index is 13.7. The molecule has 0 heterocycles. The Morgan fingerprint density at radius 1 is 1.06 bits per heavy atom. The number of aliphatic hydroxyl groups is 1. The molecule has 0 saturated carbocycles. The third-order valence-electron chi connectivity index (χ3n) is 4.65. The molecular weight excluding hydrogens is 437 g/mol. The Labute approximate surface area is 177 Å². The molecule has 0 aliphatic carbocycles. The van der Waals surface area contributed by atoms with Crippen LogP contribution in [0.2, 0.25) is 0 Å². The molecule has 5 N–H and O–H groups in total. The minimum Gasteiger partial charge on any atom is -0.480 e. The standard InChI is InChI=1S/C20H23F3N2O5S/c21-20(22,23)19(28,11-13-31(25,29)12-10-17(24)18(26)27)14-6-8-16(9-7-14)30-15-4-2-1-3-5-15/h1-9,17,25,28H,10-13,24H2,(H,26,27)/t17-,19?,31?/m0/s1. The summed E-state index contributed by atoms with van der Waals surface area (Å²) in [6.45, 7) is 0. The highest BCUT2D eigenvalue weighted by Gasteiger charge is 2.54. The molecular formula is C20H23F3N2O5S. The van der Waals surface area contributed by atoms with E-state index in [-0.39, 0.29) is 12.2 Å². The zero-order chi connectivity index (χ0) is 23.3. The number of alkyl halides is 3. The normalized spacial score (nSPS) is 16.7. The van der Waals surface area contributed by atoms with Crippen LogP contribution in [0.25, 0.3) is 0 Å². The summed E-state index contributed by atoms with van der Waals surface area (Å²) in [5, 5.41) is 19.2. The quantitative estimate of drug-likeness (QED) is 0.429. The summed E-state index contributed by atoms with van der Waals surface area (Å²) in [6, 6.07) is 11.8. The lowest BCUT2D eigenvalue weighted by atomic mass is 9.90. The molecule has 0 bridgehead atoms. The van der Waals surface area contributed by atoms with Gasteiger partial charge in [-0.15, -0.1) is 0 Å². The smallest absolute Gasteiger partial charge is 0.421 e. The highest BCUT2D eigenvalue weighted by atomic mass is 32.2. The van der Waals surface area contributed by atoms with Crippen LogP contribution >= 0.6 is 0 Å². The van der Waals surface area contributed by atoms with Gasteiger partial charge in [0.05, 0.1) is 0 Å². The molecule has 0 radical (unpaired) electrons. The van der Waals surface area contributed by atoms with Crippen molar-refractivity contribution in [1.82, 2.24) is 0 Å². The zero-order valence-electron chi connectivity index (χ0n) is 16.3. The van der Waals surface area contributed by atoms with Crippen LogP contribution < -0.4 is 10.5 Å². The van der Waals surface area contributed by atoms with Crippen LogP contribution in [0.15, 0.2) is 54.6 Å². The van der Waals surface area contributed by atoms with Crippen LogP contribution in [-0.4, -0.2) is 44.1 Å². The van der Waals surface area contributed by atoms with Crippen molar-refractivity contribution < 1.29 is 37.1 Å². The summed E-state index contributed by atoms with van der Waals surface area (Å²) >= 11 is 0. The molecule has 0 fully saturated rings. The number of benzene rings is 2. The predicted molar refractivity (Wildman–Crippen MR) is 108 cm³/mol. The van der Waals surface area contributed by atoms with E-state index >= 15 is 0 Å². The Kier molecular flexibility index (Phi) is 7.68. The van der Waals surface area contributed by atoms with Crippen LogP contribution in [0.3, 0.4) is 0 Å². The van der Waals surface area contributed by atoms with Crippen molar-refractivity contribution in [3.05, 3.63) is 60.2 Å². The minimum absolute atomic E-state index is 0.256. The van der Waals surface area contributed by atoms with Crippen molar-refractivity contribution in [1.29, 1.82) is 4.78 Å². The van der Waals surface area contributed by atoms with Gasteiger partial charge in [0, 0.05) is 27.7 Å². The van der Waals surface area contributed by atoms with Gasteiger partial charge in [0.25, 0.3) is 0 Å². The van der Waals surface area contributed by atoms with Gasteiger partial charge in [-0.1, -0.05) is 30.3 Å². The predicted octanol–water partition coefficient (Wildman–Crippen LogP) is 3.47. The van der Waals surface area contributed by atoms with Gasteiger partial charge in [0.15, 0.2) is 5.60 Å². The number of carboxylic acids is 1. The van der Waals surface area contributed by atoms with Crippen molar-refractivity contribution in [2.75, 3.05) is 11.5 Å². The first kappa shape index (κ1) is 24.6. The zero-order valence-corrected chi connectivity index (χ0v) is 17.2. The average molecular weight is 460 g/mol. The van der Waals surface area contributed by atoms with Gasteiger partial charge >= 0.3 is 12.1 Å². The van der Waals surface area contributed by atoms with E-state index in [0.29, 0.717) is 5.75 Å². The van der Waals surface area contributed by atoms with E-state index in [1.54, 1.807) is 30.3 Å². The molecule has 0 spiro atoms. The number of aliphatic carboxylic acids is 1. The first-order chi connectivity index (χ1) is 14.3. The first-order valence-corrected chi connectivity index (χ1v) is 11.1. The molecule has 31 heavy (non-hydrogen) atoms. The number of hydrogen-bond acceptors (Lipinski definition) is 6. The lowest BCUT2D eigenvalue weighted by Crippen LogP contribution is -2.44. The van der Waals surface area contributed by atoms with Crippen molar-refractivity contribution in [2.45, 2.75) is 30.7 Å². The van der Waals surface area contributed by atoms with Crippen LogP contribution in [-0.2, 0) is 20.1 Å². The molecule has 0 aliphatic rings. The molecule has 2 rings (SSSR count). The Balaban J connectivity index is 2.15. The highest BCUT2D eigenvalue weighted by molar-refractivity contribution is 7.92. The second kappa shape index (κ2) is 9.67. The van der Waals surface area contributed by atoms with Gasteiger partial charge in [0.2, 0.25) is 0 Å². The third-order valence-corrected chi connectivity index (χ3v) is 6.41. The molecule has 0 aliphatic heterocycles. The van der Waals surface area contributed by atoms with E-state index in [4.69, 9.17) is 20.4 Å². The van der Waals surface area contributed by atoms with Gasteiger partial charge in [0.1, 0.15) is 17.5 Å². The lowest BCUT2D eigenvalue weighted by molar-refractivity contribution is -0.267. The summed E-state index contributed by atoms with van der Waals surface area (Å²) < 4.78 is 66.7. The Morgan fingerprint density at radius 3 is 2.13 bits per heavy atom. The topological polar surface area (TPSA) is 134 Å². The molecule has 3 atom stereocenters. The van der Waals surface area contributed by atoms with Gasteiger partial charge in [-0.3, -0.25) is 9.57 Å². The monoisotopic (exact) mass is 460 g/mol. The van der Waals surface area contributed by atoms with Gasteiger partial charge < -0.3 is 20.7 Å². The molecule has 170 valence electrons. The average Bonchev–Trinajstić information content (AvgIpc) is 2.71. The molecule has 7 nitrogen and oxygen atoms in total. The molecule has 0 saturated heterocycles. The van der Waals surface area contributed by atoms with Crippen LogP contribution in [0.5, 0.6) is 11.5 Å². The van der Waals surface area contributed by atoms with Gasteiger partial charge in [-0.2, -0.15) is 13.2 Å². The number of nitrogens with one attached hydrogen (secondary N) is 1. The molecule has 2 unspecified atom stereocenters. The van der Waals surface area contributed by atoms with Gasteiger partial charge in [-0.05, 0) is 36.2 Å². The largest absolute Gasteiger partial charge is 0.480 e. The fourth-order valence-corrected chi connectivity index (χ4v) is 4.19. The molecule has 0 amide bonds. The van der Waals surface area contributed by atoms with Crippen molar-refractivity contribution in [2.24, 2.45) is 5.73 Å². The Morgan fingerprint density at radius 2 is 1.61 bits per heavy atom. The van der Waals surface area contributed by atoms with E-state index in [2.05, 4.69) is 0 Å². The fraction of sp³-hybridized carbons (Fsp3) is 0.350. The second-order valence-electron chi connectivity index (χ2n) is 7.00. The van der Waals surface area contributed by atoms with E-state index in [1.165, 1.54) is 12.1 Å². The van der Waals surface area contributed by atoms with Crippen LogP contribution in [0.4, 0.5) is 13.2 Å². The van der Waals surface area contributed by atoms with E-state index in [1.807, 2.05) is 0 Å². The van der Waals surface area contributed by atoms with E-state index < -0.39 is 57.0 Å². The van der Waals surface area contributed by atoms with Crippen molar-refractivity contribution in [3.63, 3.8) is 0 Å². The number of hydrogen-bond donors (Lipinski definition) is 4. The summed E-state index contributed by atoms with van der Waals surface area (Å²) in [4.78, 5) is 10.7. The number of carboxylic acid groups (broad SMARTS) is 1. The van der Waals surface area contributed by atoms with Crippen molar-refractivity contribution >= 4 is 15.7 Å². The van der Waals surface area contributed by atoms with Crippen molar-refractivity contribution in [3.8, 4) is 11.5 Å². The molecule has 2 aromatic carbocycles. The fourth-order valence-electron chi connectivity index (χ4n) is 2.73. The molecule has 11 heteroatoms. The summed E-state index contributed by atoms with van der Waals surface area (Å²) in [7, 11) is -3.59. The Bertz CT molecular complexity index is 982. The summed E-state index contributed by atoms with van der Waals surface area (Å²) in [6.07, 6.45) is -6.45. The lowest BCUT2D eigenvalue weighted by Gasteiger charge is -2.31. The SMILES string of the molecule is N=S(=O)(CC[C@H](N)C(=O)O)CCC(O)(c1ccc(Oc2ccccc2)cc1)C(F)(F)F. The molecule has 0 aromatic heterocycles. The van der Waals surface area contributed by atoms with Gasteiger partial charge in [-0.25, -0.2) is 4.21 Å². The number of carbonyl (C=O) groups is 1. The number of nitrogens with two attached hydrogens (primary N) is 1. The van der Waals surface area contributed by atoms with E-state index in [9.17, 15) is 27.3 Å². The Hall–Kier alpha value is -2.63.